The van der Waals surface area contributed by atoms with Crippen molar-refractivity contribution in [3.8, 4) is 12.8 Å². The van der Waals surface area contributed by atoms with E-state index in [1.165, 1.54) is 6.42 Å². The SMILES string of the molecule is C#C.CC.CC.CC.CCNCC(C)(C)CC(C)(C)C. The minimum Gasteiger partial charge on any atom is -0.316 e. The van der Waals surface area contributed by atoms with Gasteiger partial charge in [-0.15, -0.1) is 12.8 Å². The summed E-state index contributed by atoms with van der Waals surface area (Å²) in [7, 11) is 0. The summed E-state index contributed by atoms with van der Waals surface area (Å²) in [5, 5.41) is 3.41. The van der Waals surface area contributed by atoms with E-state index in [0.29, 0.717) is 10.8 Å². The van der Waals surface area contributed by atoms with Gasteiger partial charge in [0, 0.05) is 6.54 Å². The summed E-state index contributed by atoms with van der Waals surface area (Å²) in [5.74, 6) is 0. The Balaban J connectivity index is -0.0000000799. The van der Waals surface area contributed by atoms with Crippen LogP contribution in [0.15, 0.2) is 0 Å². The molecule has 0 fully saturated rings. The first kappa shape index (κ1) is 31.8. The fourth-order valence-electron chi connectivity index (χ4n) is 1.96. The lowest BCUT2D eigenvalue weighted by atomic mass is 9.76. The number of hydrogen-bond acceptors (Lipinski definition) is 1. The molecule has 20 heavy (non-hydrogen) atoms. The Morgan fingerprint density at radius 3 is 1.25 bits per heavy atom. The van der Waals surface area contributed by atoms with Crippen molar-refractivity contribution in [2.75, 3.05) is 13.1 Å². The van der Waals surface area contributed by atoms with Gasteiger partial charge in [-0.3, -0.25) is 0 Å². The van der Waals surface area contributed by atoms with Crippen molar-refractivity contribution in [2.45, 2.75) is 89.5 Å². The van der Waals surface area contributed by atoms with Crippen LogP contribution in [-0.4, -0.2) is 13.1 Å². The second-order valence-corrected chi connectivity index (χ2v) is 5.68. The average molecular weight is 288 g/mol. The van der Waals surface area contributed by atoms with Gasteiger partial charge >= 0.3 is 0 Å². The molecule has 0 aliphatic heterocycles. The van der Waals surface area contributed by atoms with Crippen molar-refractivity contribution in [3.63, 3.8) is 0 Å². The van der Waals surface area contributed by atoms with Crippen molar-refractivity contribution in [1.82, 2.24) is 5.32 Å². The van der Waals surface area contributed by atoms with Gasteiger partial charge in [0.1, 0.15) is 0 Å². The molecule has 0 unspecified atom stereocenters. The van der Waals surface area contributed by atoms with Crippen LogP contribution in [0.25, 0.3) is 0 Å². The summed E-state index contributed by atoms with van der Waals surface area (Å²) < 4.78 is 0. The zero-order valence-corrected chi connectivity index (χ0v) is 16.8. The summed E-state index contributed by atoms with van der Waals surface area (Å²) >= 11 is 0. The minimum atomic E-state index is 0.425. The molecule has 1 N–H and O–H groups in total. The van der Waals surface area contributed by atoms with Crippen LogP contribution in [0.1, 0.15) is 89.5 Å². The van der Waals surface area contributed by atoms with E-state index in [4.69, 9.17) is 0 Å². The Bertz CT molecular complexity index is 149. The summed E-state index contributed by atoms with van der Waals surface area (Å²) in [6.45, 7) is 27.9. The van der Waals surface area contributed by atoms with E-state index in [2.05, 4.69) is 59.7 Å². The van der Waals surface area contributed by atoms with Gasteiger partial charge in [-0.1, -0.05) is 83.1 Å². The molecule has 0 saturated heterocycles. The lowest BCUT2D eigenvalue weighted by Gasteiger charge is -2.32. The normalized spacial score (nSPS) is 9.10. The van der Waals surface area contributed by atoms with E-state index in [1.807, 2.05) is 41.5 Å². The molecule has 0 aliphatic carbocycles. The molecule has 0 rings (SSSR count). The van der Waals surface area contributed by atoms with Crippen LogP contribution in [0.4, 0.5) is 0 Å². The summed E-state index contributed by atoms with van der Waals surface area (Å²) in [6, 6.07) is 0. The molecule has 0 spiro atoms. The van der Waals surface area contributed by atoms with Gasteiger partial charge in [-0.2, -0.15) is 0 Å². The predicted octanol–water partition coefficient (Wildman–Crippen LogP) is 6.39. The highest BCUT2D eigenvalue weighted by Gasteiger charge is 2.24. The summed E-state index contributed by atoms with van der Waals surface area (Å²) in [5.41, 5.74) is 0.868. The van der Waals surface area contributed by atoms with Crippen molar-refractivity contribution in [3.05, 3.63) is 0 Å². The van der Waals surface area contributed by atoms with Crippen LogP contribution in [0.2, 0.25) is 0 Å². The first-order chi connectivity index (χ1) is 9.27. The van der Waals surface area contributed by atoms with Crippen LogP contribution in [-0.2, 0) is 0 Å². The molecule has 0 aromatic heterocycles. The number of nitrogens with one attached hydrogen (secondary N) is 1. The van der Waals surface area contributed by atoms with Crippen molar-refractivity contribution < 1.29 is 0 Å². The molecule has 0 saturated carbocycles. The third-order valence-electron chi connectivity index (χ3n) is 1.86. The van der Waals surface area contributed by atoms with Crippen LogP contribution >= 0.6 is 0 Å². The topological polar surface area (TPSA) is 12.0 Å². The number of hydrogen-bond donors (Lipinski definition) is 1. The molecular formula is C19H45N. The molecule has 126 valence electrons. The number of terminal acetylenes is 1. The second-order valence-electron chi connectivity index (χ2n) is 5.68. The van der Waals surface area contributed by atoms with Gasteiger partial charge in [0.2, 0.25) is 0 Å². The fraction of sp³-hybridized carbons (Fsp3) is 0.895. The van der Waals surface area contributed by atoms with E-state index < -0.39 is 0 Å². The van der Waals surface area contributed by atoms with Gasteiger partial charge in [-0.25, -0.2) is 0 Å². The van der Waals surface area contributed by atoms with Gasteiger partial charge < -0.3 is 5.32 Å². The zero-order chi connectivity index (χ0) is 17.8. The third kappa shape index (κ3) is 43.2. The molecular weight excluding hydrogens is 242 g/mol. The quantitative estimate of drug-likeness (QED) is 0.591. The highest BCUT2D eigenvalue weighted by molar-refractivity contribution is 4.77. The molecule has 1 heteroatoms. The molecule has 0 aliphatic rings. The van der Waals surface area contributed by atoms with E-state index in [1.54, 1.807) is 0 Å². The Kier molecular flexibility index (Phi) is 37.5. The van der Waals surface area contributed by atoms with E-state index in [-0.39, 0.29) is 0 Å². The van der Waals surface area contributed by atoms with Crippen LogP contribution in [0.5, 0.6) is 0 Å². The zero-order valence-electron chi connectivity index (χ0n) is 16.8. The van der Waals surface area contributed by atoms with E-state index in [9.17, 15) is 0 Å². The lowest BCUT2D eigenvalue weighted by molar-refractivity contribution is 0.207. The molecule has 0 amide bonds. The standard InChI is InChI=1S/C11H25N.3C2H6.C2H2/c1-7-12-9-11(5,6)8-10(2,3)4;4*1-2/h12H,7-9H2,1-6H3;3*1-2H3;1-2H. The maximum absolute atomic E-state index is 4.00. The van der Waals surface area contributed by atoms with Crippen molar-refractivity contribution >= 4 is 0 Å². The Morgan fingerprint density at radius 1 is 0.750 bits per heavy atom. The van der Waals surface area contributed by atoms with E-state index in [0.717, 1.165) is 13.1 Å². The molecule has 0 aromatic carbocycles. The molecule has 1 nitrogen and oxygen atoms in total. The third-order valence-corrected chi connectivity index (χ3v) is 1.86. The largest absolute Gasteiger partial charge is 0.316 e. The molecule has 0 atom stereocenters. The van der Waals surface area contributed by atoms with Crippen LogP contribution in [0.3, 0.4) is 0 Å². The Morgan fingerprint density at radius 2 is 1.05 bits per heavy atom. The van der Waals surface area contributed by atoms with Crippen LogP contribution < -0.4 is 5.32 Å². The summed E-state index contributed by atoms with van der Waals surface area (Å²) in [6.07, 6.45) is 9.27. The second kappa shape index (κ2) is 23.6. The maximum atomic E-state index is 4.00. The predicted molar refractivity (Wildman–Crippen MR) is 100 cm³/mol. The van der Waals surface area contributed by atoms with Crippen molar-refractivity contribution in [1.29, 1.82) is 0 Å². The Labute approximate surface area is 132 Å². The molecule has 0 bridgehead atoms. The fourth-order valence-corrected chi connectivity index (χ4v) is 1.96. The first-order valence-corrected chi connectivity index (χ1v) is 8.31. The highest BCUT2D eigenvalue weighted by atomic mass is 14.9. The van der Waals surface area contributed by atoms with Gasteiger partial charge in [0.15, 0.2) is 0 Å². The molecule has 0 aromatic rings. The lowest BCUT2D eigenvalue weighted by Crippen LogP contribution is -2.32. The van der Waals surface area contributed by atoms with Gasteiger partial charge in [0.05, 0.1) is 0 Å². The molecule has 0 radical (unpaired) electrons. The summed E-state index contributed by atoms with van der Waals surface area (Å²) in [4.78, 5) is 0. The highest BCUT2D eigenvalue weighted by Crippen LogP contribution is 2.32. The average Bonchev–Trinajstić information content (AvgIpc) is 2.43. The smallest absolute Gasteiger partial charge is 0.000260 e. The maximum Gasteiger partial charge on any atom is 0.000260 e. The first-order valence-electron chi connectivity index (χ1n) is 8.31. The molecule has 0 heterocycles. The van der Waals surface area contributed by atoms with Gasteiger partial charge in [0.25, 0.3) is 0 Å². The van der Waals surface area contributed by atoms with Crippen molar-refractivity contribution in [2.24, 2.45) is 10.8 Å². The van der Waals surface area contributed by atoms with Crippen LogP contribution in [0, 0.1) is 23.7 Å². The van der Waals surface area contributed by atoms with E-state index >= 15 is 0 Å². The monoisotopic (exact) mass is 287 g/mol. The Hall–Kier alpha value is -0.480. The van der Waals surface area contributed by atoms with Gasteiger partial charge in [-0.05, 0) is 23.8 Å². The minimum absolute atomic E-state index is 0.425. The number of rotatable bonds is 4.